The Balaban J connectivity index is 1.79. The monoisotopic (exact) mass is 471 g/mol. The largest absolute Gasteiger partial charge is 0.480 e. The zero-order chi connectivity index (χ0) is 22.7. The molecule has 3 heterocycles. The maximum atomic E-state index is 12.8. The number of anilines is 1. The third kappa shape index (κ3) is 5.05. The fourth-order valence-electron chi connectivity index (χ4n) is 2.74. The predicted molar refractivity (Wildman–Crippen MR) is 108 cm³/mol. The molecule has 1 aromatic heterocycles. The summed E-state index contributed by atoms with van der Waals surface area (Å²) in [6.07, 6.45) is -0.415. The van der Waals surface area contributed by atoms with Crippen LogP contribution in [0.15, 0.2) is 21.8 Å². The summed E-state index contributed by atoms with van der Waals surface area (Å²) in [5.41, 5.74) is 5.99. The number of carboxylic acids is 2. The van der Waals surface area contributed by atoms with Gasteiger partial charge in [-0.05, 0) is 6.92 Å². The molecule has 0 aliphatic carbocycles. The number of hydrogen-bond donors (Lipinski definition) is 5. The Kier molecular flexibility index (Phi) is 6.65. The van der Waals surface area contributed by atoms with Gasteiger partial charge in [-0.25, -0.2) is 19.4 Å². The summed E-state index contributed by atoms with van der Waals surface area (Å²) in [5.74, 6) is -3.93. The average molecular weight is 471 g/mol. The van der Waals surface area contributed by atoms with Crippen molar-refractivity contribution in [3.05, 3.63) is 22.3 Å². The van der Waals surface area contributed by atoms with Gasteiger partial charge in [-0.2, -0.15) is 0 Å². The van der Waals surface area contributed by atoms with E-state index in [1.807, 2.05) is 0 Å². The fraction of sp³-hybridized carbons (Fsp3) is 0.375. The van der Waals surface area contributed by atoms with Gasteiger partial charge in [0, 0.05) is 16.7 Å². The first-order valence-electron chi connectivity index (χ1n) is 8.66. The molecule has 2 aliphatic rings. The highest BCUT2D eigenvalue weighted by Gasteiger charge is 2.41. The number of aliphatic carboxylic acids is 2. The molecule has 0 aromatic carbocycles. The number of cyclic esters (lactones) is 1. The molecular weight excluding hydrogens is 454 g/mol. The molecule has 0 spiro atoms. The summed E-state index contributed by atoms with van der Waals surface area (Å²) in [6, 6.07) is -1.48. The summed E-state index contributed by atoms with van der Waals surface area (Å²) in [7, 11) is 0. The number of thioether (sulfide) groups is 1. The summed E-state index contributed by atoms with van der Waals surface area (Å²) in [5, 5.41) is 27.6. The molecule has 0 bridgehead atoms. The minimum absolute atomic E-state index is 0.0167. The summed E-state index contributed by atoms with van der Waals surface area (Å²) in [4.78, 5) is 55.8. The molecule has 0 saturated heterocycles. The summed E-state index contributed by atoms with van der Waals surface area (Å²) >= 11 is 2.18. The lowest BCUT2D eigenvalue weighted by Crippen LogP contribution is -2.55. The van der Waals surface area contributed by atoms with Gasteiger partial charge in [-0.15, -0.1) is 23.1 Å². The third-order valence-electron chi connectivity index (χ3n) is 4.18. The van der Waals surface area contributed by atoms with Crippen LogP contribution >= 0.6 is 23.1 Å². The van der Waals surface area contributed by atoms with Crippen molar-refractivity contribution in [3.8, 4) is 0 Å². The van der Waals surface area contributed by atoms with E-state index in [1.165, 1.54) is 17.1 Å². The molecule has 13 nitrogen and oxygen atoms in total. The van der Waals surface area contributed by atoms with Gasteiger partial charge in [0.2, 0.25) is 6.61 Å². The number of thiazole rings is 1. The number of esters is 1. The van der Waals surface area contributed by atoms with E-state index in [-0.39, 0.29) is 16.5 Å². The first-order chi connectivity index (χ1) is 14.7. The zero-order valence-electron chi connectivity index (χ0n) is 15.9. The average Bonchev–Trinajstić information content (AvgIpc) is 3.25. The van der Waals surface area contributed by atoms with Crippen molar-refractivity contribution in [1.82, 2.24) is 15.6 Å². The van der Waals surface area contributed by atoms with Crippen LogP contribution in [0.25, 0.3) is 0 Å². The van der Waals surface area contributed by atoms with Crippen molar-refractivity contribution < 1.29 is 39.0 Å². The van der Waals surface area contributed by atoms with E-state index in [2.05, 4.69) is 25.6 Å². The number of hydrogen-bond acceptors (Lipinski definition) is 12. The zero-order valence-corrected chi connectivity index (χ0v) is 17.5. The highest BCUT2D eigenvalue weighted by Crippen LogP contribution is 2.32. The topological polar surface area (TPSA) is 203 Å². The molecule has 0 fully saturated rings. The van der Waals surface area contributed by atoms with Crippen LogP contribution in [0.1, 0.15) is 12.6 Å². The number of nitrogens with two attached hydrogens (primary N) is 1. The smallest absolute Gasteiger partial charge is 0.355 e. The quantitative estimate of drug-likeness (QED) is 0.175. The second-order valence-corrected chi connectivity index (χ2v) is 8.31. The lowest BCUT2D eigenvalue weighted by atomic mass is 10.1. The molecule has 3 atom stereocenters. The van der Waals surface area contributed by atoms with Crippen LogP contribution in [0.4, 0.5) is 5.13 Å². The number of carbonyl (C=O) groups is 4. The van der Waals surface area contributed by atoms with Crippen LogP contribution in [0.2, 0.25) is 0 Å². The van der Waals surface area contributed by atoms with E-state index in [4.69, 9.17) is 15.6 Å². The van der Waals surface area contributed by atoms with E-state index in [9.17, 15) is 24.3 Å². The van der Waals surface area contributed by atoms with Crippen molar-refractivity contribution in [1.29, 1.82) is 0 Å². The molecule has 0 radical (unpaired) electrons. The number of nitrogens with one attached hydrogen (secondary N) is 2. The Bertz CT molecular complexity index is 990. The molecule has 1 aromatic rings. The molecule has 2 aliphatic heterocycles. The SMILES string of the molecule is CC1OC(=O)C2=C1CS[C@H](C(NC(=O)/C(=N\OCC(=O)O)c1csc(N)n1)C(=O)O)N2. The number of rotatable bonds is 8. The highest BCUT2D eigenvalue weighted by atomic mass is 32.2. The number of carbonyl (C=O) groups excluding carboxylic acids is 2. The van der Waals surface area contributed by atoms with Gasteiger partial charge in [0.05, 0.1) is 0 Å². The number of aromatic nitrogens is 1. The fourth-order valence-corrected chi connectivity index (χ4v) is 4.60. The number of oxime groups is 1. The first kappa shape index (κ1) is 22.4. The van der Waals surface area contributed by atoms with E-state index in [1.54, 1.807) is 6.92 Å². The van der Waals surface area contributed by atoms with Crippen molar-refractivity contribution in [2.24, 2.45) is 5.16 Å². The Morgan fingerprint density at radius 2 is 2.23 bits per heavy atom. The highest BCUT2D eigenvalue weighted by molar-refractivity contribution is 8.00. The Morgan fingerprint density at radius 3 is 2.84 bits per heavy atom. The van der Waals surface area contributed by atoms with Gasteiger partial charge in [0.25, 0.3) is 5.91 Å². The van der Waals surface area contributed by atoms with E-state index in [0.29, 0.717) is 11.3 Å². The number of carboxylic acid groups (broad SMARTS) is 2. The first-order valence-corrected chi connectivity index (χ1v) is 10.6. The number of ether oxygens (including phenoxy) is 1. The second-order valence-electron chi connectivity index (χ2n) is 6.29. The molecule has 31 heavy (non-hydrogen) atoms. The standard InChI is InChI=1S/C16H17N5O8S2/c1-5-6-3-30-13(20-9(6)15(27)29-5)11(14(25)26)19-12(24)10(21-28-2-8(22)23)7-4-31-16(17)18-7/h4-5,11,13,20H,2-3H2,1H3,(H2,17,18)(H,19,24)(H,22,23)(H,25,26)/b21-10-/t5?,11?,13-/m1/s1. The van der Waals surface area contributed by atoms with Crippen LogP contribution in [0, 0.1) is 0 Å². The van der Waals surface area contributed by atoms with Gasteiger partial charge in [0.1, 0.15) is 22.9 Å². The van der Waals surface area contributed by atoms with Crippen molar-refractivity contribution in [2.75, 3.05) is 18.1 Å². The van der Waals surface area contributed by atoms with Crippen molar-refractivity contribution in [3.63, 3.8) is 0 Å². The number of nitrogens with zero attached hydrogens (tertiary/aromatic N) is 2. The number of nitrogen functional groups attached to an aromatic ring is 1. The minimum Gasteiger partial charge on any atom is -0.480 e. The Hall–Kier alpha value is -3.33. The van der Waals surface area contributed by atoms with Crippen LogP contribution in [-0.4, -0.2) is 74.6 Å². The van der Waals surface area contributed by atoms with Crippen LogP contribution in [-0.2, 0) is 28.8 Å². The molecule has 15 heteroatoms. The molecule has 6 N–H and O–H groups in total. The maximum Gasteiger partial charge on any atom is 0.355 e. The normalized spacial score (nSPS) is 21.6. The lowest BCUT2D eigenvalue weighted by Gasteiger charge is -2.29. The number of amides is 1. The molecule has 2 unspecified atom stereocenters. The van der Waals surface area contributed by atoms with E-state index in [0.717, 1.165) is 11.3 Å². The van der Waals surface area contributed by atoms with Crippen LogP contribution in [0.3, 0.4) is 0 Å². The van der Waals surface area contributed by atoms with Gasteiger partial charge >= 0.3 is 17.9 Å². The molecule has 166 valence electrons. The molecule has 0 saturated carbocycles. The maximum absolute atomic E-state index is 12.8. The lowest BCUT2D eigenvalue weighted by molar-refractivity contribution is -0.142. The summed E-state index contributed by atoms with van der Waals surface area (Å²) < 4.78 is 5.11. The summed E-state index contributed by atoms with van der Waals surface area (Å²) in [6.45, 7) is 0.884. The van der Waals surface area contributed by atoms with Crippen molar-refractivity contribution >= 4 is 57.8 Å². The van der Waals surface area contributed by atoms with Gasteiger partial charge in [0.15, 0.2) is 16.9 Å². The van der Waals surface area contributed by atoms with Crippen molar-refractivity contribution in [2.45, 2.75) is 24.4 Å². The van der Waals surface area contributed by atoms with Gasteiger partial charge in [-0.3, -0.25) is 4.79 Å². The predicted octanol–water partition coefficient (Wildman–Crippen LogP) is -1.04. The molecule has 3 rings (SSSR count). The Labute approximate surface area is 182 Å². The van der Waals surface area contributed by atoms with Crippen LogP contribution in [0.5, 0.6) is 0 Å². The Morgan fingerprint density at radius 1 is 1.48 bits per heavy atom. The molecular formula is C16H17N5O8S2. The molecule has 1 amide bonds. The second kappa shape index (κ2) is 9.22. The third-order valence-corrected chi connectivity index (χ3v) is 6.08. The van der Waals surface area contributed by atoms with E-state index >= 15 is 0 Å². The van der Waals surface area contributed by atoms with Crippen LogP contribution < -0.4 is 16.4 Å². The van der Waals surface area contributed by atoms with E-state index < -0.39 is 53.7 Å². The minimum atomic E-state index is -1.48. The van der Waals surface area contributed by atoms with Gasteiger partial charge in [-0.1, -0.05) is 5.16 Å². The van der Waals surface area contributed by atoms with Gasteiger partial charge < -0.3 is 36.2 Å².